The lowest BCUT2D eigenvalue weighted by atomic mass is 10.1. The standard InChI is InChI=1S/C9H12FN3O/c1-12-7-3-2-6(8(10)5-7)4-9(14)13-11/h2-3,5,12H,4,11H2,1H3,(H,13,14). The molecule has 14 heavy (non-hydrogen) atoms. The summed E-state index contributed by atoms with van der Waals surface area (Å²) in [7, 11) is 1.70. The van der Waals surface area contributed by atoms with Crippen LogP contribution in [0, 0.1) is 5.82 Å². The monoisotopic (exact) mass is 197 g/mol. The first-order chi connectivity index (χ1) is 6.67. The van der Waals surface area contributed by atoms with Gasteiger partial charge in [0.2, 0.25) is 5.91 Å². The molecule has 0 fully saturated rings. The van der Waals surface area contributed by atoms with Gasteiger partial charge in [0, 0.05) is 12.7 Å². The first kappa shape index (κ1) is 10.5. The molecule has 0 unspecified atom stereocenters. The number of hydrogen-bond acceptors (Lipinski definition) is 3. The van der Waals surface area contributed by atoms with E-state index in [1.807, 2.05) is 5.43 Å². The van der Waals surface area contributed by atoms with Crippen molar-refractivity contribution in [3.63, 3.8) is 0 Å². The van der Waals surface area contributed by atoms with E-state index in [2.05, 4.69) is 5.32 Å². The second kappa shape index (κ2) is 4.57. The molecule has 0 heterocycles. The van der Waals surface area contributed by atoms with E-state index in [-0.39, 0.29) is 6.42 Å². The largest absolute Gasteiger partial charge is 0.388 e. The van der Waals surface area contributed by atoms with Crippen LogP contribution < -0.4 is 16.6 Å². The van der Waals surface area contributed by atoms with Gasteiger partial charge in [-0.3, -0.25) is 10.2 Å². The minimum Gasteiger partial charge on any atom is -0.388 e. The number of carbonyl (C=O) groups excluding carboxylic acids is 1. The molecular weight excluding hydrogens is 185 g/mol. The smallest absolute Gasteiger partial charge is 0.238 e. The third-order valence-electron chi connectivity index (χ3n) is 1.85. The van der Waals surface area contributed by atoms with Crippen LogP contribution in [0.3, 0.4) is 0 Å². The van der Waals surface area contributed by atoms with Crippen molar-refractivity contribution >= 4 is 11.6 Å². The molecule has 0 spiro atoms. The lowest BCUT2D eigenvalue weighted by Crippen LogP contribution is -2.31. The first-order valence-corrected chi connectivity index (χ1v) is 4.13. The molecule has 4 nitrogen and oxygen atoms in total. The predicted molar refractivity (Wildman–Crippen MR) is 52.0 cm³/mol. The van der Waals surface area contributed by atoms with E-state index in [1.165, 1.54) is 6.07 Å². The molecule has 5 heteroatoms. The van der Waals surface area contributed by atoms with Crippen LogP contribution in [-0.2, 0) is 11.2 Å². The fourth-order valence-corrected chi connectivity index (χ4v) is 1.07. The SMILES string of the molecule is CNc1ccc(CC(=O)NN)c(F)c1. The maximum Gasteiger partial charge on any atom is 0.238 e. The highest BCUT2D eigenvalue weighted by atomic mass is 19.1. The van der Waals surface area contributed by atoms with Crippen LogP contribution in [0.15, 0.2) is 18.2 Å². The fraction of sp³-hybridized carbons (Fsp3) is 0.222. The van der Waals surface area contributed by atoms with Gasteiger partial charge in [0.15, 0.2) is 0 Å². The Morgan fingerprint density at radius 2 is 2.29 bits per heavy atom. The van der Waals surface area contributed by atoms with Crippen LogP contribution in [0.25, 0.3) is 0 Å². The molecule has 0 aromatic heterocycles. The van der Waals surface area contributed by atoms with Crippen molar-refractivity contribution in [2.45, 2.75) is 6.42 Å². The Bertz CT molecular complexity index is 341. The van der Waals surface area contributed by atoms with Crippen molar-refractivity contribution in [3.8, 4) is 0 Å². The number of carbonyl (C=O) groups is 1. The molecule has 1 rings (SSSR count). The summed E-state index contributed by atoms with van der Waals surface area (Å²) >= 11 is 0. The van der Waals surface area contributed by atoms with Crippen molar-refractivity contribution in [2.75, 3.05) is 12.4 Å². The van der Waals surface area contributed by atoms with Crippen molar-refractivity contribution in [2.24, 2.45) is 5.84 Å². The molecular formula is C9H12FN3O. The van der Waals surface area contributed by atoms with E-state index in [0.29, 0.717) is 11.3 Å². The highest BCUT2D eigenvalue weighted by Crippen LogP contribution is 2.14. The summed E-state index contributed by atoms with van der Waals surface area (Å²) in [6, 6.07) is 4.58. The van der Waals surface area contributed by atoms with Gasteiger partial charge in [-0.25, -0.2) is 10.2 Å². The molecule has 76 valence electrons. The van der Waals surface area contributed by atoms with Gasteiger partial charge in [0.1, 0.15) is 5.82 Å². The number of nitrogens with one attached hydrogen (secondary N) is 2. The van der Waals surface area contributed by atoms with E-state index in [1.54, 1.807) is 19.2 Å². The average molecular weight is 197 g/mol. The Labute approximate surface area is 81.3 Å². The number of halogens is 1. The zero-order valence-corrected chi connectivity index (χ0v) is 7.80. The van der Waals surface area contributed by atoms with Gasteiger partial charge in [-0.1, -0.05) is 6.07 Å². The molecule has 0 saturated carbocycles. The van der Waals surface area contributed by atoms with Crippen LogP contribution in [0.1, 0.15) is 5.56 Å². The van der Waals surface area contributed by atoms with Crippen molar-refractivity contribution < 1.29 is 9.18 Å². The summed E-state index contributed by atoms with van der Waals surface area (Å²) in [6.45, 7) is 0. The summed E-state index contributed by atoms with van der Waals surface area (Å²) in [6.07, 6.45) is -0.0493. The third-order valence-corrected chi connectivity index (χ3v) is 1.85. The highest BCUT2D eigenvalue weighted by molar-refractivity contribution is 5.78. The second-order valence-electron chi connectivity index (χ2n) is 2.80. The van der Waals surface area contributed by atoms with Gasteiger partial charge in [0.25, 0.3) is 0 Å². The quantitative estimate of drug-likeness (QED) is 0.373. The maximum atomic E-state index is 13.3. The number of anilines is 1. The molecule has 0 aliphatic carbocycles. The van der Waals surface area contributed by atoms with Crippen LogP contribution in [-0.4, -0.2) is 13.0 Å². The van der Waals surface area contributed by atoms with Crippen LogP contribution in [0.5, 0.6) is 0 Å². The number of nitrogens with two attached hydrogens (primary N) is 1. The van der Waals surface area contributed by atoms with Gasteiger partial charge in [-0.2, -0.15) is 0 Å². The van der Waals surface area contributed by atoms with Crippen LogP contribution in [0.2, 0.25) is 0 Å². The number of hydrogen-bond donors (Lipinski definition) is 3. The maximum absolute atomic E-state index is 13.3. The van der Waals surface area contributed by atoms with Gasteiger partial charge in [-0.05, 0) is 17.7 Å². The molecule has 4 N–H and O–H groups in total. The van der Waals surface area contributed by atoms with Crippen molar-refractivity contribution in [1.82, 2.24) is 5.43 Å². The molecule has 0 aliphatic rings. The lowest BCUT2D eigenvalue weighted by Gasteiger charge is -2.04. The lowest BCUT2D eigenvalue weighted by molar-refractivity contribution is -0.120. The third kappa shape index (κ3) is 2.43. The summed E-state index contributed by atoms with van der Waals surface area (Å²) in [5, 5.41) is 2.80. The van der Waals surface area contributed by atoms with E-state index >= 15 is 0 Å². The summed E-state index contributed by atoms with van der Waals surface area (Å²) < 4.78 is 13.3. The number of rotatable bonds is 3. The first-order valence-electron chi connectivity index (χ1n) is 4.13. The topological polar surface area (TPSA) is 67.2 Å². The Morgan fingerprint density at radius 1 is 1.57 bits per heavy atom. The van der Waals surface area contributed by atoms with Crippen LogP contribution in [0.4, 0.5) is 10.1 Å². The zero-order chi connectivity index (χ0) is 10.6. The second-order valence-corrected chi connectivity index (χ2v) is 2.80. The summed E-state index contributed by atoms with van der Waals surface area (Å²) in [5.41, 5.74) is 2.94. The Balaban J connectivity index is 2.83. The van der Waals surface area contributed by atoms with Gasteiger partial charge >= 0.3 is 0 Å². The van der Waals surface area contributed by atoms with Crippen LogP contribution >= 0.6 is 0 Å². The van der Waals surface area contributed by atoms with Crippen molar-refractivity contribution in [1.29, 1.82) is 0 Å². The van der Waals surface area contributed by atoms with Crippen molar-refractivity contribution in [3.05, 3.63) is 29.6 Å². The summed E-state index contributed by atoms with van der Waals surface area (Å²) in [4.78, 5) is 10.9. The average Bonchev–Trinajstić information content (AvgIpc) is 2.20. The van der Waals surface area contributed by atoms with E-state index < -0.39 is 11.7 Å². The number of benzene rings is 1. The molecule has 0 atom stereocenters. The van der Waals surface area contributed by atoms with Gasteiger partial charge in [0.05, 0.1) is 6.42 Å². The van der Waals surface area contributed by atoms with Gasteiger partial charge in [-0.15, -0.1) is 0 Å². The normalized spacial score (nSPS) is 9.64. The molecule has 1 aromatic rings. The zero-order valence-electron chi connectivity index (χ0n) is 7.80. The molecule has 0 bridgehead atoms. The van der Waals surface area contributed by atoms with E-state index in [4.69, 9.17) is 5.84 Å². The Hall–Kier alpha value is -1.62. The molecule has 0 aliphatic heterocycles. The molecule has 0 radical (unpaired) electrons. The minimum atomic E-state index is -0.416. The van der Waals surface area contributed by atoms with E-state index in [9.17, 15) is 9.18 Å². The highest BCUT2D eigenvalue weighted by Gasteiger charge is 2.07. The summed E-state index contributed by atoms with van der Waals surface area (Å²) in [5.74, 6) is 4.06. The molecule has 0 saturated heterocycles. The predicted octanol–water partition coefficient (Wildman–Crippen LogP) is 0.400. The van der Waals surface area contributed by atoms with Gasteiger partial charge < -0.3 is 5.32 Å². The molecule has 1 amide bonds. The Morgan fingerprint density at radius 3 is 2.79 bits per heavy atom. The number of hydrazine groups is 1. The fourth-order valence-electron chi connectivity index (χ4n) is 1.07. The molecule has 1 aromatic carbocycles. The number of amides is 1. The minimum absolute atomic E-state index is 0.0493. The van der Waals surface area contributed by atoms with E-state index in [0.717, 1.165) is 0 Å². The Kier molecular flexibility index (Phi) is 3.41.